The highest BCUT2D eigenvalue weighted by molar-refractivity contribution is 7.98. The van der Waals surface area contributed by atoms with E-state index in [4.69, 9.17) is 14.2 Å². The number of nitrogens with one attached hydrogen (secondary N) is 1. The number of hydrogen-bond acceptors (Lipinski definition) is 8. The molecule has 8 nitrogen and oxygen atoms in total. The summed E-state index contributed by atoms with van der Waals surface area (Å²) in [5.74, 6) is -2.78. The molecule has 3 aliphatic rings. The number of halogens is 1. The zero-order valence-electron chi connectivity index (χ0n) is 19.3. The van der Waals surface area contributed by atoms with Crippen LogP contribution >= 0.6 is 11.8 Å². The molecule has 3 heterocycles. The topological polar surface area (TPSA) is 94.2 Å². The fourth-order valence-electron chi connectivity index (χ4n) is 5.39. The van der Waals surface area contributed by atoms with Crippen LogP contribution in [0.3, 0.4) is 0 Å². The molecule has 0 unspecified atom stereocenters. The third-order valence-corrected chi connectivity index (χ3v) is 7.54. The van der Waals surface area contributed by atoms with Gasteiger partial charge in [0, 0.05) is 17.7 Å². The molecule has 3 aliphatic heterocycles. The number of carbonyl (C=O) groups excluding carboxylic acids is 3. The molecule has 2 fully saturated rings. The third-order valence-electron chi connectivity index (χ3n) is 6.93. The number of rotatable bonds is 6. The van der Waals surface area contributed by atoms with E-state index in [1.54, 1.807) is 36.4 Å². The quantitative estimate of drug-likeness (QED) is 0.478. The van der Waals surface area contributed by atoms with Crippen molar-refractivity contribution in [2.24, 2.45) is 11.8 Å². The van der Waals surface area contributed by atoms with Crippen LogP contribution in [0.25, 0.3) is 0 Å². The number of ether oxygens (including phenoxy) is 3. The zero-order valence-corrected chi connectivity index (χ0v) is 20.1. The van der Waals surface area contributed by atoms with Crippen molar-refractivity contribution in [3.05, 3.63) is 53.8 Å². The van der Waals surface area contributed by atoms with Gasteiger partial charge in [-0.2, -0.15) is 11.8 Å². The average Bonchev–Trinajstić information content (AvgIpc) is 3.36. The fourth-order valence-corrected chi connectivity index (χ4v) is 5.91. The van der Waals surface area contributed by atoms with Crippen LogP contribution in [0.2, 0.25) is 0 Å². The van der Waals surface area contributed by atoms with Crippen LogP contribution in [0, 0.1) is 17.7 Å². The molecular formula is C25H25FN2O6S. The van der Waals surface area contributed by atoms with E-state index < -0.39 is 47.0 Å². The Kier molecular flexibility index (Phi) is 6.18. The van der Waals surface area contributed by atoms with Crippen molar-refractivity contribution in [1.29, 1.82) is 0 Å². The summed E-state index contributed by atoms with van der Waals surface area (Å²) < 4.78 is 31.2. The molecule has 0 aromatic heterocycles. The van der Waals surface area contributed by atoms with Gasteiger partial charge in [0.2, 0.25) is 11.8 Å². The second-order valence-corrected chi connectivity index (χ2v) is 9.68. The summed E-state index contributed by atoms with van der Waals surface area (Å²) in [6, 6.07) is 10.0. The van der Waals surface area contributed by atoms with Crippen LogP contribution in [0.4, 0.5) is 10.1 Å². The molecule has 35 heavy (non-hydrogen) atoms. The lowest BCUT2D eigenvalue weighted by molar-refractivity contribution is -0.152. The van der Waals surface area contributed by atoms with Crippen molar-refractivity contribution in [2.75, 3.05) is 37.2 Å². The largest absolute Gasteiger partial charge is 0.486 e. The third kappa shape index (κ3) is 3.66. The Balaban J connectivity index is 1.63. The van der Waals surface area contributed by atoms with Crippen LogP contribution in [0.5, 0.6) is 11.5 Å². The smallest absolute Gasteiger partial charge is 0.326 e. The van der Waals surface area contributed by atoms with E-state index in [1.165, 1.54) is 24.9 Å². The zero-order chi connectivity index (χ0) is 24.7. The maximum absolute atomic E-state index is 14.9. The number of carbonyl (C=O) groups is 3. The molecule has 4 atom stereocenters. The van der Waals surface area contributed by atoms with Gasteiger partial charge in [0.25, 0.3) is 0 Å². The van der Waals surface area contributed by atoms with Crippen molar-refractivity contribution < 1.29 is 33.0 Å². The maximum Gasteiger partial charge on any atom is 0.326 e. The highest BCUT2D eigenvalue weighted by Gasteiger charge is 2.69. The summed E-state index contributed by atoms with van der Waals surface area (Å²) in [5, 5.41) is 3.19. The first-order valence-corrected chi connectivity index (χ1v) is 12.7. The first-order chi connectivity index (χ1) is 16.9. The molecular weight excluding hydrogens is 475 g/mol. The number of thioether (sulfide) groups is 1. The molecule has 2 aromatic rings. The average molecular weight is 501 g/mol. The van der Waals surface area contributed by atoms with Crippen LogP contribution < -0.4 is 19.7 Å². The van der Waals surface area contributed by atoms with Crippen molar-refractivity contribution in [3.8, 4) is 11.5 Å². The number of hydrogen-bond donors (Lipinski definition) is 1. The van der Waals surface area contributed by atoms with Gasteiger partial charge >= 0.3 is 5.97 Å². The number of imide groups is 1. The molecule has 0 saturated carbocycles. The summed E-state index contributed by atoms with van der Waals surface area (Å²) in [6.45, 7) is 0.758. The number of nitrogens with zero attached hydrogens (tertiary/aromatic N) is 1. The summed E-state index contributed by atoms with van der Waals surface area (Å²) >= 11 is 1.50. The maximum atomic E-state index is 14.9. The van der Waals surface area contributed by atoms with E-state index in [-0.39, 0.29) is 12.0 Å². The van der Waals surface area contributed by atoms with Crippen LogP contribution in [0.15, 0.2) is 42.5 Å². The highest BCUT2D eigenvalue weighted by Crippen LogP contribution is 2.52. The molecule has 2 saturated heterocycles. The van der Waals surface area contributed by atoms with Gasteiger partial charge in [-0.1, -0.05) is 18.2 Å². The predicted molar refractivity (Wildman–Crippen MR) is 127 cm³/mol. The molecule has 2 aromatic carbocycles. The van der Waals surface area contributed by atoms with Gasteiger partial charge in [-0.15, -0.1) is 0 Å². The Hall–Kier alpha value is -3.11. The second-order valence-electron chi connectivity index (χ2n) is 8.69. The number of esters is 1. The second kappa shape index (κ2) is 9.16. The minimum absolute atomic E-state index is 0.225. The van der Waals surface area contributed by atoms with E-state index in [0.717, 1.165) is 4.90 Å². The van der Waals surface area contributed by atoms with E-state index >= 15 is 0 Å². The standard InChI is InChI=1S/C25H25FN2O6S/c1-32-24(31)25(9-12-35-2)20-19(21(27-25)15-5-3-4-6-16(15)26)22(29)28(23(20)30)14-7-8-17-18(13-14)34-11-10-33-17/h3-8,13,19-21,27H,9-12H2,1-2H3/t19-,20-,21-,25-/m0/s1. The lowest BCUT2D eigenvalue weighted by Gasteiger charge is -2.32. The van der Waals surface area contributed by atoms with Gasteiger partial charge < -0.3 is 14.2 Å². The van der Waals surface area contributed by atoms with Crippen molar-refractivity contribution in [1.82, 2.24) is 5.32 Å². The lowest BCUT2D eigenvalue weighted by atomic mass is 9.78. The summed E-state index contributed by atoms with van der Waals surface area (Å²) in [4.78, 5) is 42.1. The number of anilines is 1. The number of fused-ring (bicyclic) bond motifs is 2. The molecule has 2 amide bonds. The van der Waals surface area contributed by atoms with Crippen molar-refractivity contribution in [2.45, 2.75) is 18.0 Å². The Bertz CT molecular complexity index is 1190. The monoisotopic (exact) mass is 500 g/mol. The molecule has 0 spiro atoms. The lowest BCUT2D eigenvalue weighted by Crippen LogP contribution is -2.56. The van der Waals surface area contributed by atoms with Gasteiger partial charge in [0.1, 0.15) is 24.6 Å². The van der Waals surface area contributed by atoms with Gasteiger partial charge in [0.15, 0.2) is 11.5 Å². The molecule has 0 radical (unpaired) electrons. The fraction of sp³-hybridized carbons (Fsp3) is 0.400. The SMILES string of the molecule is COC(=O)[C@@]1(CCSC)N[C@@H](c2ccccc2F)[C@H]2C(=O)N(c3ccc4c(c3)OCCO4)C(=O)[C@H]21. The Morgan fingerprint density at radius 3 is 2.63 bits per heavy atom. The minimum Gasteiger partial charge on any atom is -0.486 e. The Morgan fingerprint density at radius 2 is 1.91 bits per heavy atom. The molecule has 5 rings (SSSR count). The molecule has 0 bridgehead atoms. The van der Waals surface area contributed by atoms with E-state index in [1.807, 2.05) is 6.26 Å². The van der Waals surface area contributed by atoms with Gasteiger partial charge in [-0.05, 0) is 36.6 Å². The molecule has 10 heteroatoms. The number of benzene rings is 2. The van der Waals surface area contributed by atoms with Crippen LogP contribution in [-0.2, 0) is 19.1 Å². The normalized spacial score (nSPS) is 27.2. The van der Waals surface area contributed by atoms with E-state index in [9.17, 15) is 18.8 Å². The minimum atomic E-state index is -1.48. The molecule has 0 aliphatic carbocycles. The molecule has 184 valence electrons. The van der Waals surface area contributed by atoms with Gasteiger partial charge in [-0.25, -0.2) is 9.29 Å². The first-order valence-electron chi connectivity index (χ1n) is 11.3. The first kappa shape index (κ1) is 23.6. The predicted octanol–water partition coefficient (Wildman–Crippen LogP) is 2.71. The summed E-state index contributed by atoms with van der Waals surface area (Å²) in [5.41, 5.74) is -0.942. The number of amides is 2. The highest BCUT2D eigenvalue weighted by atomic mass is 32.2. The Labute approximate surface area is 206 Å². The summed E-state index contributed by atoms with van der Waals surface area (Å²) in [6.07, 6.45) is 2.12. The van der Waals surface area contributed by atoms with Crippen molar-refractivity contribution in [3.63, 3.8) is 0 Å². The summed E-state index contributed by atoms with van der Waals surface area (Å²) in [7, 11) is 1.25. The van der Waals surface area contributed by atoms with Crippen LogP contribution in [-0.4, -0.2) is 55.7 Å². The van der Waals surface area contributed by atoms with E-state index in [2.05, 4.69) is 5.32 Å². The Morgan fingerprint density at radius 1 is 1.17 bits per heavy atom. The number of methoxy groups -OCH3 is 1. The molecule has 1 N–H and O–H groups in total. The van der Waals surface area contributed by atoms with Gasteiger partial charge in [-0.3, -0.25) is 19.7 Å². The van der Waals surface area contributed by atoms with Gasteiger partial charge in [0.05, 0.1) is 24.6 Å². The van der Waals surface area contributed by atoms with Crippen LogP contribution in [0.1, 0.15) is 18.0 Å². The van der Waals surface area contributed by atoms with Crippen molar-refractivity contribution >= 4 is 35.2 Å². The van der Waals surface area contributed by atoms with E-state index in [0.29, 0.717) is 36.2 Å².